The van der Waals surface area contributed by atoms with Crippen molar-refractivity contribution in [2.24, 2.45) is 0 Å². The second kappa shape index (κ2) is 13.1. The van der Waals surface area contributed by atoms with Gasteiger partial charge in [0, 0.05) is 54.8 Å². The molecule has 5 nitrogen and oxygen atoms in total. The molecule has 4 heterocycles. The summed E-state index contributed by atoms with van der Waals surface area (Å²) in [6, 6.07) is 73.0. The second-order valence-corrected chi connectivity index (χ2v) is 15.7. The molecule has 0 aliphatic rings. The van der Waals surface area contributed by atoms with Gasteiger partial charge in [0.25, 0.3) is 0 Å². The third kappa shape index (κ3) is 5.08. The van der Waals surface area contributed by atoms with Gasteiger partial charge in [-0.15, -0.1) is 0 Å². The zero-order chi connectivity index (χ0) is 40.0. The van der Waals surface area contributed by atoms with E-state index in [0.29, 0.717) is 5.82 Å². The maximum absolute atomic E-state index is 6.79. The van der Waals surface area contributed by atoms with Crippen molar-refractivity contribution in [1.29, 1.82) is 0 Å². The van der Waals surface area contributed by atoms with Gasteiger partial charge in [-0.05, 0) is 65.7 Å². The van der Waals surface area contributed by atoms with Gasteiger partial charge in [0.15, 0.2) is 5.82 Å². The van der Waals surface area contributed by atoms with Gasteiger partial charge >= 0.3 is 0 Å². The van der Waals surface area contributed by atoms with Gasteiger partial charge in [0.05, 0.1) is 38.7 Å². The first-order valence-corrected chi connectivity index (χ1v) is 20.7. The van der Waals surface area contributed by atoms with Crippen LogP contribution in [0.2, 0.25) is 0 Å². The fraction of sp³-hybridized carbons (Fsp3) is 0. The fourth-order valence-corrected chi connectivity index (χ4v) is 9.59. The molecular weight excluding hydrogens is 745 g/mol. The van der Waals surface area contributed by atoms with Crippen molar-refractivity contribution in [3.63, 3.8) is 0 Å². The number of hydrogen-bond acceptors (Lipinski definition) is 3. The number of furan rings is 1. The quantitative estimate of drug-likeness (QED) is 0.175. The fourth-order valence-electron chi connectivity index (χ4n) is 9.59. The van der Waals surface area contributed by atoms with E-state index in [4.69, 9.17) is 14.4 Å². The lowest BCUT2D eigenvalue weighted by molar-refractivity contribution is 0.673. The molecule has 13 aromatic rings. The molecule has 0 aliphatic heterocycles. The van der Waals surface area contributed by atoms with E-state index in [1.165, 1.54) is 21.9 Å². The molecular formula is C56H34N4O. The molecule has 0 N–H and O–H groups in total. The van der Waals surface area contributed by atoms with E-state index in [1.807, 2.05) is 18.2 Å². The maximum atomic E-state index is 6.79. The second-order valence-electron chi connectivity index (χ2n) is 15.7. The van der Waals surface area contributed by atoms with Crippen LogP contribution in [0.1, 0.15) is 0 Å². The summed E-state index contributed by atoms with van der Waals surface area (Å²) in [5, 5.41) is 7.84. The Bertz CT molecular complexity index is 3860. The molecule has 0 spiro atoms. The van der Waals surface area contributed by atoms with Crippen LogP contribution in [0.3, 0.4) is 0 Å². The van der Waals surface area contributed by atoms with Gasteiger partial charge in [-0.1, -0.05) is 152 Å². The third-order valence-corrected chi connectivity index (χ3v) is 12.3. The lowest BCUT2D eigenvalue weighted by Gasteiger charge is -2.14. The molecule has 0 unspecified atom stereocenters. The van der Waals surface area contributed by atoms with Crippen molar-refractivity contribution in [3.8, 4) is 45.1 Å². The van der Waals surface area contributed by atoms with Crippen LogP contribution in [-0.4, -0.2) is 19.1 Å². The van der Waals surface area contributed by atoms with Gasteiger partial charge in [-0.2, -0.15) is 0 Å². The highest BCUT2D eigenvalue weighted by atomic mass is 16.3. The minimum atomic E-state index is 0.685. The number of hydrogen-bond donors (Lipinski definition) is 0. The van der Waals surface area contributed by atoms with E-state index >= 15 is 0 Å². The van der Waals surface area contributed by atoms with Gasteiger partial charge in [-0.25, -0.2) is 9.97 Å². The number of para-hydroxylation sites is 3. The Hall–Kier alpha value is -8.28. The van der Waals surface area contributed by atoms with Crippen LogP contribution in [0.5, 0.6) is 0 Å². The lowest BCUT2D eigenvalue weighted by Crippen LogP contribution is -2.00. The van der Waals surface area contributed by atoms with E-state index in [0.717, 1.165) is 93.9 Å². The minimum absolute atomic E-state index is 0.685. The standard InChI is InChI=1S/C56H34N4O/c1-3-14-35(15-4-1)36-26-28-39(29-27-36)59-49-33-32-44-42-21-9-12-25-50(42)61-55(44)51(49)46-31-30-43-41-20-8-11-24-48(41)60(53(43)54(46)59)40-19-13-18-38(34-40)56-57-47-23-10-7-22-45(47)52(58-56)37-16-5-2-6-17-37/h1-34H. The summed E-state index contributed by atoms with van der Waals surface area (Å²) < 4.78 is 11.7. The molecule has 0 fully saturated rings. The normalized spacial score (nSPS) is 11.9. The van der Waals surface area contributed by atoms with Crippen molar-refractivity contribution in [2.45, 2.75) is 0 Å². The summed E-state index contributed by atoms with van der Waals surface area (Å²) in [5.41, 5.74) is 14.5. The first-order chi connectivity index (χ1) is 30.3. The van der Waals surface area contributed by atoms with Crippen LogP contribution >= 0.6 is 0 Å². The van der Waals surface area contributed by atoms with Gasteiger partial charge < -0.3 is 13.6 Å². The molecule has 0 amide bonds. The first kappa shape index (κ1) is 33.7. The van der Waals surface area contributed by atoms with Crippen LogP contribution in [-0.2, 0) is 0 Å². The summed E-state index contributed by atoms with van der Waals surface area (Å²) in [6.45, 7) is 0. The molecule has 4 aromatic heterocycles. The maximum Gasteiger partial charge on any atom is 0.160 e. The molecule has 9 aromatic carbocycles. The third-order valence-electron chi connectivity index (χ3n) is 12.3. The largest absolute Gasteiger partial charge is 0.455 e. The molecule has 0 atom stereocenters. The Labute approximate surface area is 350 Å². The smallest absolute Gasteiger partial charge is 0.160 e. The first-order valence-electron chi connectivity index (χ1n) is 20.7. The Morgan fingerprint density at radius 3 is 1.82 bits per heavy atom. The topological polar surface area (TPSA) is 48.8 Å². The average Bonchev–Trinajstić information content (AvgIpc) is 4.00. The highest BCUT2D eigenvalue weighted by molar-refractivity contribution is 6.29. The van der Waals surface area contributed by atoms with Crippen molar-refractivity contribution < 1.29 is 4.42 Å². The van der Waals surface area contributed by atoms with Crippen LogP contribution < -0.4 is 0 Å². The minimum Gasteiger partial charge on any atom is -0.455 e. The molecule has 0 saturated carbocycles. The molecule has 284 valence electrons. The molecule has 0 bridgehead atoms. The Balaban J connectivity index is 1.12. The molecule has 0 saturated heterocycles. The average molecular weight is 779 g/mol. The Kier molecular flexibility index (Phi) is 7.24. The molecule has 0 radical (unpaired) electrons. The van der Waals surface area contributed by atoms with Crippen molar-refractivity contribution >= 4 is 76.5 Å². The monoisotopic (exact) mass is 778 g/mol. The zero-order valence-corrected chi connectivity index (χ0v) is 32.8. The molecule has 0 aliphatic carbocycles. The van der Waals surface area contributed by atoms with Gasteiger partial charge in [0.1, 0.15) is 11.2 Å². The summed E-state index contributed by atoms with van der Waals surface area (Å²) >= 11 is 0. The number of nitrogens with zero attached hydrogens (tertiary/aromatic N) is 4. The van der Waals surface area contributed by atoms with E-state index in [1.54, 1.807) is 0 Å². The van der Waals surface area contributed by atoms with E-state index in [-0.39, 0.29) is 0 Å². The number of aromatic nitrogens is 4. The predicted octanol–water partition coefficient (Wildman–Crippen LogP) is 14.7. The lowest BCUT2D eigenvalue weighted by atomic mass is 10.1. The van der Waals surface area contributed by atoms with Gasteiger partial charge in [0.2, 0.25) is 0 Å². The van der Waals surface area contributed by atoms with Crippen LogP contribution in [0.25, 0.3) is 122 Å². The Morgan fingerprint density at radius 2 is 0.984 bits per heavy atom. The van der Waals surface area contributed by atoms with Crippen molar-refractivity contribution in [3.05, 3.63) is 206 Å². The summed E-state index contributed by atoms with van der Waals surface area (Å²) in [4.78, 5) is 10.4. The highest BCUT2D eigenvalue weighted by Crippen LogP contribution is 2.45. The van der Waals surface area contributed by atoms with Crippen LogP contribution in [0.4, 0.5) is 0 Å². The summed E-state index contributed by atoms with van der Waals surface area (Å²) in [6.07, 6.45) is 0. The SMILES string of the molecule is c1ccc(-c2ccc(-n3c4ccc5c6ccccc6oc5c4c4ccc5c6ccccc6n(-c6cccc(-c7nc(-c8ccccc8)c8ccccc8n7)c6)c5c43)cc2)cc1. The van der Waals surface area contributed by atoms with E-state index < -0.39 is 0 Å². The summed E-state index contributed by atoms with van der Waals surface area (Å²) in [5.74, 6) is 0.685. The van der Waals surface area contributed by atoms with E-state index in [2.05, 4.69) is 197 Å². The van der Waals surface area contributed by atoms with Crippen LogP contribution in [0.15, 0.2) is 211 Å². The van der Waals surface area contributed by atoms with Crippen LogP contribution in [0, 0.1) is 0 Å². The summed E-state index contributed by atoms with van der Waals surface area (Å²) in [7, 11) is 0. The number of fused-ring (bicyclic) bond motifs is 12. The molecule has 5 heteroatoms. The van der Waals surface area contributed by atoms with Crippen molar-refractivity contribution in [1.82, 2.24) is 19.1 Å². The highest BCUT2D eigenvalue weighted by Gasteiger charge is 2.24. The van der Waals surface area contributed by atoms with Crippen molar-refractivity contribution in [2.75, 3.05) is 0 Å². The predicted molar refractivity (Wildman–Crippen MR) is 252 cm³/mol. The molecule has 13 rings (SSSR count). The van der Waals surface area contributed by atoms with E-state index in [9.17, 15) is 0 Å². The number of rotatable bonds is 5. The van der Waals surface area contributed by atoms with Gasteiger partial charge in [-0.3, -0.25) is 0 Å². The Morgan fingerprint density at radius 1 is 0.361 bits per heavy atom. The zero-order valence-electron chi connectivity index (χ0n) is 32.8. The molecule has 61 heavy (non-hydrogen) atoms. The number of benzene rings is 9.